The number of nitrogens with one attached hydrogen (secondary N) is 2. The largest absolute Gasteiger partial charge is 0.379 e. The monoisotopic (exact) mass is 405 g/mol. The number of guanidine groups is 1. The van der Waals surface area contributed by atoms with Gasteiger partial charge in [-0.1, -0.05) is 64.2 Å². The van der Waals surface area contributed by atoms with Crippen molar-refractivity contribution in [3.63, 3.8) is 0 Å². The Bertz CT molecular complexity index is 538. The molecule has 166 valence electrons. The molecule has 0 unspecified atom stereocenters. The molecule has 0 spiro atoms. The van der Waals surface area contributed by atoms with Crippen LogP contribution in [0.5, 0.6) is 0 Å². The number of carbonyl (C=O) groups excluding carboxylic acids is 1. The first-order valence-electron chi connectivity index (χ1n) is 12.3. The molecule has 2 saturated carbocycles. The molecule has 5 nitrogen and oxygen atoms in total. The van der Waals surface area contributed by atoms with Gasteiger partial charge in [-0.2, -0.15) is 0 Å². The Hall–Kier alpha value is -1.10. The van der Waals surface area contributed by atoms with Gasteiger partial charge in [0, 0.05) is 13.2 Å². The summed E-state index contributed by atoms with van der Waals surface area (Å²) in [5.74, 6) is 1.88. The van der Waals surface area contributed by atoms with E-state index in [-0.39, 0.29) is 12.0 Å². The van der Waals surface area contributed by atoms with Crippen molar-refractivity contribution in [2.24, 2.45) is 11.8 Å². The van der Waals surface area contributed by atoms with Crippen LogP contribution < -0.4 is 5.32 Å². The summed E-state index contributed by atoms with van der Waals surface area (Å²) in [7, 11) is 0. The van der Waals surface area contributed by atoms with E-state index in [9.17, 15) is 4.79 Å². The van der Waals surface area contributed by atoms with Crippen LogP contribution in [0.3, 0.4) is 0 Å². The molecule has 1 atom stereocenters. The fraction of sp³-hybridized carbons (Fsp3) is 0.917. The normalized spacial score (nSPS) is 27.1. The van der Waals surface area contributed by atoms with Gasteiger partial charge < -0.3 is 10.1 Å². The molecule has 1 heterocycles. The second-order valence-electron chi connectivity index (χ2n) is 10.0. The van der Waals surface area contributed by atoms with Crippen LogP contribution in [0.2, 0.25) is 0 Å². The quantitative estimate of drug-likeness (QED) is 0.489. The van der Waals surface area contributed by atoms with E-state index in [2.05, 4.69) is 5.32 Å². The molecule has 0 bridgehead atoms. The molecule has 3 rings (SSSR count). The van der Waals surface area contributed by atoms with Crippen molar-refractivity contribution in [3.05, 3.63) is 0 Å². The summed E-state index contributed by atoms with van der Waals surface area (Å²) in [4.78, 5) is 15.3. The van der Waals surface area contributed by atoms with Gasteiger partial charge in [-0.05, 0) is 51.4 Å². The summed E-state index contributed by atoms with van der Waals surface area (Å²) >= 11 is 0. The number of ether oxygens (including phenoxy) is 1. The zero-order valence-corrected chi connectivity index (χ0v) is 18.8. The van der Waals surface area contributed by atoms with E-state index in [1.165, 1.54) is 64.2 Å². The highest BCUT2D eigenvalue weighted by molar-refractivity contribution is 6.07. The summed E-state index contributed by atoms with van der Waals surface area (Å²) in [6.45, 7) is 5.30. The number of hydrogen-bond acceptors (Lipinski definition) is 3. The van der Waals surface area contributed by atoms with E-state index >= 15 is 0 Å². The zero-order valence-electron chi connectivity index (χ0n) is 18.8. The fourth-order valence-corrected chi connectivity index (χ4v) is 5.68. The fourth-order valence-electron chi connectivity index (χ4n) is 5.68. The molecule has 29 heavy (non-hydrogen) atoms. The molecule has 0 radical (unpaired) electrons. The van der Waals surface area contributed by atoms with Crippen molar-refractivity contribution in [3.8, 4) is 0 Å². The zero-order chi connectivity index (χ0) is 20.7. The van der Waals surface area contributed by atoms with Gasteiger partial charge in [-0.15, -0.1) is 0 Å². The van der Waals surface area contributed by atoms with Gasteiger partial charge in [0.1, 0.15) is 5.54 Å². The molecule has 3 fully saturated rings. The first-order valence-corrected chi connectivity index (χ1v) is 12.3. The lowest BCUT2D eigenvalue weighted by atomic mass is 9.75. The smallest absolute Gasteiger partial charge is 0.255 e. The van der Waals surface area contributed by atoms with Crippen molar-refractivity contribution in [2.75, 3.05) is 13.2 Å². The van der Waals surface area contributed by atoms with Crippen molar-refractivity contribution in [2.45, 2.75) is 115 Å². The maximum absolute atomic E-state index is 13.6. The molecule has 2 aliphatic carbocycles. The Balaban J connectivity index is 1.64. The van der Waals surface area contributed by atoms with E-state index in [4.69, 9.17) is 10.1 Å². The second kappa shape index (κ2) is 10.8. The van der Waals surface area contributed by atoms with Crippen LogP contribution in [0.1, 0.15) is 104 Å². The van der Waals surface area contributed by atoms with E-state index < -0.39 is 5.54 Å². The second-order valence-corrected chi connectivity index (χ2v) is 10.0. The van der Waals surface area contributed by atoms with E-state index in [1.807, 2.05) is 13.8 Å². The molecular formula is C24H43N3O2. The minimum Gasteiger partial charge on any atom is -0.379 e. The van der Waals surface area contributed by atoms with Gasteiger partial charge in [-0.25, -0.2) is 0 Å². The van der Waals surface area contributed by atoms with Crippen LogP contribution in [0.15, 0.2) is 0 Å². The molecule has 0 aromatic carbocycles. The van der Waals surface area contributed by atoms with Crippen LogP contribution in [-0.4, -0.2) is 41.6 Å². The van der Waals surface area contributed by atoms with Gasteiger partial charge in [0.2, 0.25) is 0 Å². The molecular weight excluding hydrogens is 362 g/mol. The third-order valence-electron chi connectivity index (χ3n) is 7.33. The topological polar surface area (TPSA) is 65.4 Å². The highest BCUT2D eigenvalue weighted by atomic mass is 16.5. The summed E-state index contributed by atoms with van der Waals surface area (Å²) in [5, 5.41) is 11.9. The SMILES string of the molecule is CC(C)OCCCN1C(=N)N[C@](CCC2CCCCC2)(CC2CCCCC2)C1=O. The standard InChI is InChI=1S/C24H43N3O2/c1-19(2)29-17-9-16-27-22(28)24(26-23(27)25,18-21-12-7-4-8-13-21)15-14-20-10-5-3-6-11-20/h19-21H,3-18H2,1-2H3,(H2,25,26)/t24-/m1/s1. The number of rotatable bonds is 10. The van der Waals surface area contributed by atoms with Crippen LogP contribution >= 0.6 is 0 Å². The summed E-state index contributed by atoms with van der Waals surface area (Å²) in [6.07, 6.45) is 17.1. The minimum absolute atomic E-state index is 0.161. The molecule has 1 aliphatic heterocycles. The minimum atomic E-state index is -0.532. The maximum Gasteiger partial charge on any atom is 0.255 e. The first-order chi connectivity index (χ1) is 14.0. The van der Waals surface area contributed by atoms with Crippen LogP contribution in [0, 0.1) is 17.2 Å². The number of carbonyl (C=O) groups is 1. The molecule has 1 amide bonds. The van der Waals surface area contributed by atoms with Crippen molar-refractivity contribution < 1.29 is 9.53 Å². The molecule has 3 aliphatic rings. The summed E-state index contributed by atoms with van der Waals surface area (Å²) in [5.41, 5.74) is -0.532. The first kappa shape index (κ1) is 22.6. The van der Waals surface area contributed by atoms with Gasteiger partial charge in [0.15, 0.2) is 5.96 Å². The molecule has 0 aromatic rings. The van der Waals surface area contributed by atoms with E-state index in [1.54, 1.807) is 4.90 Å². The Morgan fingerprint density at radius 3 is 2.31 bits per heavy atom. The van der Waals surface area contributed by atoms with Crippen molar-refractivity contribution in [1.29, 1.82) is 5.41 Å². The van der Waals surface area contributed by atoms with Gasteiger partial charge in [-0.3, -0.25) is 15.1 Å². The molecule has 0 aromatic heterocycles. The average molecular weight is 406 g/mol. The number of nitrogens with zero attached hydrogens (tertiary/aromatic N) is 1. The molecule has 2 N–H and O–H groups in total. The number of hydrogen-bond donors (Lipinski definition) is 2. The number of amides is 1. The predicted octanol–water partition coefficient (Wildman–Crippen LogP) is 5.24. The Morgan fingerprint density at radius 2 is 1.69 bits per heavy atom. The lowest BCUT2D eigenvalue weighted by molar-refractivity contribution is -0.132. The van der Waals surface area contributed by atoms with Gasteiger partial charge >= 0.3 is 0 Å². The average Bonchev–Trinajstić information content (AvgIpc) is 2.95. The maximum atomic E-state index is 13.6. The lowest BCUT2D eigenvalue weighted by Gasteiger charge is -2.34. The summed E-state index contributed by atoms with van der Waals surface area (Å²) in [6, 6.07) is 0. The summed E-state index contributed by atoms with van der Waals surface area (Å²) < 4.78 is 5.64. The van der Waals surface area contributed by atoms with Crippen LogP contribution in [0.25, 0.3) is 0 Å². The highest BCUT2D eigenvalue weighted by Crippen LogP contribution is 2.38. The van der Waals surface area contributed by atoms with Crippen molar-refractivity contribution in [1.82, 2.24) is 10.2 Å². The Labute approximate surface area is 177 Å². The van der Waals surface area contributed by atoms with E-state index in [0.717, 1.165) is 31.6 Å². The third-order valence-corrected chi connectivity index (χ3v) is 7.33. The Kier molecular flexibility index (Phi) is 8.40. The van der Waals surface area contributed by atoms with Crippen LogP contribution in [-0.2, 0) is 9.53 Å². The van der Waals surface area contributed by atoms with Gasteiger partial charge in [0.25, 0.3) is 5.91 Å². The predicted molar refractivity (Wildman–Crippen MR) is 118 cm³/mol. The Morgan fingerprint density at radius 1 is 1.07 bits per heavy atom. The van der Waals surface area contributed by atoms with Gasteiger partial charge in [0.05, 0.1) is 6.10 Å². The third kappa shape index (κ3) is 6.19. The molecule has 5 heteroatoms. The van der Waals surface area contributed by atoms with Crippen molar-refractivity contribution >= 4 is 11.9 Å². The molecule has 1 saturated heterocycles. The van der Waals surface area contributed by atoms with E-state index in [0.29, 0.717) is 25.0 Å². The van der Waals surface area contributed by atoms with Crippen LogP contribution in [0.4, 0.5) is 0 Å². The lowest BCUT2D eigenvalue weighted by Crippen LogP contribution is -2.49. The highest BCUT2D eigenvalue weighted by Gasteiger charge is 2.50.